The van der Waals surface area contributed by atoms with Gasteiger partial charge in [0.1, 0.15) is 16.8 Å². The highest BCUT2D eigenvalue weighted by Crippen LogP contribution is 2.41. The minimum atomic E-state index is 0.0389. The summed E-state index contributed by atoms with van der Waals surface area (Å²) in [6, 6.07) is 14.6. The number of nitrogens with zero attached hydrogens (tertiary/aromatic N) is 2. The zero-order chi connectivity index (χ0) is 25.1. The van der Waals surface area contributed by atoms with Crippen molar-refractivity contribution < 1.29 is 9.47 Å². The summed E-state index contributed by atoms with van der Waals surface area (Å²) in [5.41, 5.74) is 5.76. The van der Waals surface area contributed by atoms with Gasteiger partial charge in [0.15, 0.2) is 0 Å². The van der Waals surface area contributed by atoms with Crippen molar-refractivity contribution in [1.29, 1.82) is 5.26 Å². The quantitative estimate of drug-likeness (QED) is 0.358. The van der Waals surface area contributed by atoms with E-state index in [-0.39, 0.29) is 6.10 Å². The van der Waals surface area contributed by atoms with E-state index in [2.05, 4.69) is 43.1 Å². The molecule has 1 unspecified atom stereocenters. The van der Waals surface area contributed by atoms with Gasteiger partial charge in [-0.3, -0.25) is 0 Å². The first-order valence-electron chi connectivity index (χ1n) is 12.3. The van der Waals surface area contributed by atoms with Gasteiger partial charge in [0, 0.05) is 25.5 Å². The van der Waals surface area contributed by atoms with E-state index in [0.29, 0.717) is 17.2 Å². The Morgan fingerprint density at radius 2 is 1.97 bits per heavy atom. The van der Waals surface area contributed by atoms with Gasteiger partial charge in [-0.1, -0.05) is 45.9 Å². The Hall–Kier alpha value is -2.68. The first-order valence-corrected chi connectivity index (χ1v) is 13.1. The van der Waals surface area contributed by atoms with E-state index in [1.165, 1.54) is 28.0 Å². The summed E-state index contributed by atoms with van der Waals surface area (Å²) in [7, 11) is 1.71. The maximum Gasteiger partial charge on any atom is 0.137 e. The van der Waals surface area contributed by atoms with Crippen LogP contribution in [0.4, 0.5) is 0 Å². The van der Waals surface area contributed by atoms with Crippen molar-refractivity contribution in [3.63, 3.8) is 0 Å². The molecule has 0 saturated heterocycles. The van der Waals surface area contributed by atoms with Gasteiger partial charge in [-0.15, -0.1) is 11.3 Å². The molecule has 1 atom stereocenters. The molecule has 1 aliphatic rings. The Bertz CT molecular complexity index is 1080. The Morgan fingerprint density at radius 3 is 2.59 bits per heavy atom. The van der Waals surface area contributed by atoms with Gasteiger partial charge >= 0.3 is 0 Å². The minimum absolute atomic E-state index is 0.0389. The number of thiazole rings is 1. The number of ether oxygens (including phenoxy) is 2. The molecular weight excluding hydrogens is 440 g/mol. The van der Waals surface area contributed by atoms with Crippen LogP contribution in [-0.4, -0.2) is 24.8 Å². The van der Waals surface area contributed by atoms with Gasteiger partial charge in [0.05, 0.1) is 16.5 Å². The Labute approximate surface area is 209 Å². The van der Waals surface area contributed by atoms with Crippen LogP contribution in [0.3, 0.4) is 0 Å². The van der Waals surface area contributed by atoms with Crippen molar-refractivity contribution in [2.45, 2.75) is 72.8 Å². The molecule has 0 radical (unpaired) electrons. The molecule has 0 N–H and O–H groups in total. The predicted molar refractivity (Wildman–Crippen MR) is 144 cm³/mol. The molecule has 2 aromatic carbocycles. The maximum atomic E-state index is 9.47. The highest BCUT2D eigenvalue weighted by molar-refractivity contribution is 7.18. The molecule has 0 spiro atoms. The van der Waals surface area contributed by atoms with Crippen molar-refractivity contribution in [2.75, 3.05) is 13.7 Å². The zero-order valence-electron chi connectivity index (χ0n) is 21.6. The molecule has 3 aromatic rings. The largest absolute Gasteiger partial charge is 0.490 e. The highest BCUT2D eigenvalue weighted by Gasteiger charge is 2.22. The summed E-state index contributed by atoms with van der Waals surface area (Å²) in [6.07, 6.45) is 5.48. The zero-order valence-corrected chi connectivity index (χ0v) is 22.5. The molecule has 34 heavy (non-hydrogen) atoms. The molecule has 182 valence electrons. The minimum Gasteiger partial charge on any atom is -0.490 e. The SMILES string of the molecule is CC.CC(C)Oc1ccc(-c2ncc(-c3cccc4c3CCC4C)s2)cc1C#N.CCCOC. The topological polar surface area (TPSA) is 55.1 Å². The number of hydrogen-bond acceptors (Lipinski definition) is 5. The number of benzene rings is 2. The molecular formula is C29H38N2O2S. The number of fused-ring (bicyclic) bond motifs is 1. The van der Waals surface area contributed by atoms with E-state index in [0.717, 1.165) is 30.0 Å². The number of methoxy groups -OCH3 is 1. The first-order chi connectivity index (χ1) is 16.5. The smallest absolute Gasteiger partial charge is 0.137 e. The maximum absolute atomic E-state index is 9.47. The summed E-state index contributed by atoms with van der Waals surface area (Å²) < 4.78 is 10.4. The van der Waals surface area contributed by atoms with E-state index in [4.69, 9.17) is 9.47 Å². The third-order valence-electron chi connectivity index (χ3n) is 5.46. The second-order valence-corrected chi connectivity index (χ2v) is 9.36. The molecule has 0 amide bonds. The molecule has 0 fully saturated rings. The number of nitriles is 1. The van der Waals surface area contributed by atoms with Gasteiger partial charge in [0.25, 0.3) is 0 Å². The van der Waals surface area contributed by atoms with Gasteiger partial charge in [-0.05, 0) is 73.9 Å². The number of hydrogen-bond donors (Lipinski definition) is 0. The fourth-order valence-electron chi connectivity index (χ4n) is 3.94. The lowest BCUT2D eigenvalue weighted by Gasteiger charge is -2.11. The molecule has 0 saturated carbocycles. The third kappa shape index (κ3) is 6.91. The molecule has 4 rings (SSSR count). The lowest BCUT2D eigenvalue weighted by atomic mass is 9.99. The third-order valence-corrected chi connectivity index (χ3v) is 6.54. The van der Waals surface area contributed by atoms with Gasteiger partial charge in [-0.2, -0.15) is 5.26 Å². The molecule has 1 aromatic heterocycles. The Kier molecular flexibility index (Phi) is 11.3. The van der Waals surface area contributed by atoms with E-state index >= 15 is 0 Å². The van der Waals surface area contributed by atoms with E-state index in [9.17, 15) is 5.26 Å². The van der Waals surface area contributed by atoms with Crippen LogP contribution in [0.15, 0.2) is 42.6 Å². The molecule has 1 aliphatic carbocycles. The monoisotopic (exact) mass is 478 g/mol. The van der Waals surface area contributed by atoms with Crippen LogP contribution in [0.1, 0.15) is 77.0 Å². The Morgan fingerprint density at radius 1 is 1.21 bits per heavy atom. The van der Waals surface area contributed by atoms with Crippen LogP contribution in [0.5, 0.6) is 5.75 Å². The van der Waals surface area contributed by atoms with Crippen molar-refractivity contribution in [3.8, 4) is 32.8 Å². The summed E-state index contributed by atoms with van der Waals surface area (Å²) in [5.74, 6) is 1.27. The fourth-order valence-corrected chi connectivity index (χ4v) is 4.90. The predicted octanol–water partition coefficient (Wildman–Crippen LogP) is 8.25. The van der Waals surface area contributed by atoms with E-state index in [1.54, 1.807) is 18.4 Å². The number of aromatic nitrogens is 1. The summed E-state index contributed by atoms with van der Waals surface area (Å²) >= 11 is 1.68. The van der Waals surface area contributed by atoms with Crippen molar-refractivity contribution in [3.05, 3.63) is 59.3 Å². The van der Waals surface area contributed by atoms with Crippen molar-refractivity contribution >= 4 is 11.3 Å². The lowest BCUT2D eigenvalue weighted by Crippen LogP contribution is -2.06. The van der Waals surface area contributed by atoms with Crippen molar-refractivity contribution in [2.24, 2.45) is 0 Å². The van der Waals surface area contributed by atoms with Crippen LogP contribution in [0.2, 0.25) is 0 Å². The fraction of sp³-hybridized carbons (Fsp3) is 0.448. The van der Waals surface area contributed by atoms with Crippen molar-refractivity contribution in [1.82, 2.24) is 4.98 Å². The average molecular weight is 479 g/mol. The van der Waals surface area contributed by atoms with Gasteiger partial charge < -0.3 is 9.47 Å². The average Bonchev–Trinajstić information content (AvgIpc) is 3.49. The van der Waals surface area contributed by atoms with Crippen LogP contribution in [-0.2, 0) is 11.2 Å². The molecule has 0 bridgehead atoms. The molecule has 5 heteroatoms. The van der Waals surface area contributed by atoms with Crippen LogP contribution in [0, 0.1) is 11.3 Å². The Balaban J connectivity index is 0.000000520. The van der Waals surface area contributed by atoms with Gasteiger partial charge in [0.2, 0.25) is 0 Å². The molecule has 0 aliphatic heterocycles. The standard InChI is InChI=1S/C23H22N2OS.C4H10O.C2H6/c1-14(2)26-21-10-8-16(11-17(21)12-24)23-25-13-22(27-23)20-6-4-5-18-15(3)7-9-19(18)20;1-3-4-5-2;1-2/h4-6,8,10-11,13-15H,7,9H2,1-3H3;3-4H2,1-2H3;1-2H3. The summed E-state index contributed by atoms with van der Waals surface area (Å²) in [4.78, 5) is 5.83. The first kappa shape index (κ1) is 27.6. The number of rotatable bonds is 6. The molecule has 4 nitrogen and oxygen atoms in total. The van der Waals surface area contributed by atoms with E-state index < -0.39 is 0 Å². The van der Waals surface area contributed by atoms with Crippen LogP contribution >= 0.6 is 11.3 Å². The lowest BCUT2D eigenvalue weighted by molar-refractivity contribution is 0.199. The molecule has 1 heterocycles. The highest BCUT2D eigenvalue weighted by atomic mass is 32.1. The normalized spacial score (nSPS) is 13.8. The van der Waals surface area contributed by atoms with Gasteiger partial charge in [-0.25, -0.2) is 4.98 Å². The van der Waals surface area contributed by atoms with Crippen LogP contribution < -0.4 is 4.74 Å². The summed E-state index contributed by atoms with van der Waals surface area (Å²) in [6.45, 7) is 13.2. The second-order valence-electron chi connectivity index (χ2n) is 8.32. The summed E-state index contributed by atoms with van der Waals surface area (Å²) in [5, 5.41) is 10.4. The van der Waals surface area contributed by atoms with Crippen LogP contribution in [0.25, 0.3) is 21.0 Å². The van der Waals surface area contributed by atoms with E-state index in [1.807, 2.05) is 52.1 Å². The second kappa shape index (κ2) is 13.9.